The van der Waals surface area contributed by atoms with Crippen molar-refractivity contribution < 1.29 is 9.59 Å². The Balaban J connectivity index is 1.37. The Hall–Kier alpha value is -3.68. The van der Waals surface area contributed by atoms with Crippen LogP contribution in [0.25, 0.3) is 11.4 Å². The Bertz CT molecular complexity index is 1000. The predicted octanol–water partition coefficient (Wildman–Crippen LogP) is 2.31. The fourth-order valence-electron chi connectivity index (χ4n) is 2.87. The summed E-state index contributed by atoms with van der Waals surface area (Å²) in [7, 11) is 0. The van der Waals surface area contributed by atoms with Crippen LogP contribution in [0.2, 0.25) is 0 Å². The number of nitrogens with zero attached hydrogens (tertiary/aromatic N) is 4. The standard InChI is InChI=1S/C19H16N6O2/c26-17(22-13-5-3-4-12(10-13)18-20-11-21-25-18)9-8-16-23-15-7-2-1-6-14(15)19(27)24-16/h1-7,10-11,14H,8-9H2,(H,22,26)(H,20,21,25). The van der Waals surface area contributed by atoms with Gasteiger partial charge in [-0.3, -0.25) is 14.7 Å². The third-order valence-electron chi connectivity index (χ3n) is 4.17. The highest BCUT2D eigenvalue weighted by molar-refractivity contribution is 6.21. The van der Waals surface area contributed by atoms with Crippen LogP contribution in [0, 0.1) is 5.92 Å². The molecule has 2 aromatic rings. The molecule has 27 heavy (non-hydrogen) atoms. The number of amidine groups is 1. The van der Waals surface area contributed by atoms with Gasteiger partial charge >= 0.3 is 0 Å². The molecule has 0 fully saturated rings. The molecule has 0 radical (unpaired) electrons. The highest BCUT2D eigenvalue weighted by Gasteiger charge is 2.26. The van der Waals surface area contributed by atoms with Gasteiger partial charge < -0.3 is 5.32 Å². The van der Waals surface area contributed by atoms with Crippen LogP contribution in [-0.2, 0) is 9.59 Å². The Morgan fingerprint density at radius 3 is 3.00 bits per heavy atom. The maximum absolute atomic E-state index is 12.3. The highest BCUT2D eigenvalue weighted by atomic mass is 16.2. The molecule has 134 valence electrons. The molecule has 0 saturated carbocycles. The van der Waals surface area contributed by atoms with Crippen molar-refractivity contribution in [1.29, 1.82) is 0 Å². The van der Waals surface area contributed by atoms with E-state index in [-0.39, 0.29) is 18.2 Å². The molecule has 4 rings (SSSR count). The molecule has 2 aliphatic rings. The van der Waals surface area contributed by atoms with Gasteiger partial charge in [-0.15, -0.1) is 0 Å². The summed E-state index contributed by atoms with van der Waals surface area (Å²) in [5, 5.41) is 9.44. The first-order chi connectivity index (χ1) is 13.2. The van der Waals surface area contributed by atoms with Crippen LogP contribution in [0.15, 0.2) is 64.9 Å². The molecule has 8 nitrogen and oxygen atoms in total. The lowest BCUT2D eigenvalue weighted by molar-refractivity contribution is -0.119. The molecule has 1 atom stereocenters. The normalized spacial score (nSPS) is 17.9. The number of fused-ring (bicyclic) bond motifs is 1. The maximum atomic E-state index is 12.3. The molecule has 0 spiro atoms. The Morgan fingerprint density at radius 2 is 2.15 bits per heavy atom. The molecule has 2 N–H and O–H groups in total. The SMILES string of the molecule is O=C(CCC1=NC(=O)C2C=CC=CC2=N1)Nc1cccc(-c2ncn[nH]2)c1. The van der Waals surface area contributed by atoms with Crippen molar-refractivity contribution in [2.45, 2.75) is 12.8 Å². The van der Waals surface area contributed by atoms with E-state index in [1.807, 2.05) is 30.4 Å². The molecule has 8 heteroatoms. The minimum absolute atomic E-state index is 0.179. The van der Waals surface area contributed by atoms with E-state index in [9.17, 15) is 9.59 Å². The zero-order chi connectivity index (χ0) is 18.6. The number of hydrogen-bond donors (Lipinski definition) is 2. The van der Waals surface area contributed by atoms with E-state index < -0.39 is 5.92 Å². The van der Waals surface area contributed by atoms with Crippen molar-refractivity contribution in [2.75, 3.05) is 5.32 Å². The second-order valence-corrected chi connectivity index (χ2v) is 6.09. The summed E-state index contributed by atoms with van der Waals surface area (Å²) in [6.07, 6.45) is 9.12. The van der Waals surface area contributed by atoms with Gasteiger partial charge in [-0.05, 0) is 18.2 Å². The summed E-state index contributed by atoms with van der Waals surface area (Å²) >= 11 is 0. The number of rotatable bonds is 5. The topological polar surface area (TPSA) is 112 Å². The Labute approximate surface area is 154 Å². The smallest absolute Gasteiger partial charge is 0.260 e. The van der Waals surface area contributed by atoms with Gasteiger partial charge in [0.1, 0.15) is 18.1 Å². The second kappa shape index (κ2) is 7.28. The Morgan fingerprint density at radius 1 is 1.22 bits per heavy atom. The number of carbonyl (C=O) groups is 2. The summed E-state index contributed by atoms with van der Waals surface area (Å²) in [6.45, 7) is 0. The number of amides is 2. The number of benzene rings is 1. The van der Waals surface area contributed by atoms with E-state index >= 15 is 0 Å². The average Bonchev–Trinajstić information content (AvgIpc) is 3.22. The minimum Gasteiger partial charge on any atom is -0.326 e. The maximum Gasteiger partial charge on any atom is 0.260 e. The molecule has 1 aromatic heterocycles. The summed E-state index contributed by atoms with van der Waals surface area (Å²) < 4.78 is 0. The minimum atomic E-state index is -0.397. The van der Waals surface area contributed by atoms with Crippen molar-refractivity contribution >= 4 is 29.0 Å². The zero-order valence-corrected chi connectivity index (χ0v) is 14.3. The number of carbonyl (C=O) groups excluding carboxylic acids is 2. The highest BCUT2D eigenvalue weighted by Crippen LogP contribution is 2.20. The van der Waals surface area contributed by atoms with Gasteiger partial charge in [0, 0.05) is 24.1 Å². The number of anilines is 1. The van der Waals surface area contributed by atoms with E-state index in [1.54, 1.807) is 18.2 Å². The first kappa shape index (κ1) is 16.8. The van der Waals surface area contributed by atoms with Gasteiger partial charge in [0.25, 0.3) is 5.91 Å². The van der Waals surface area contributed by atoms with E-state index in [4.69, 9.17) is 0 Å². The number of aliphatic imine (C=N–C) groups is 2. The largest absolute Gasteiger partial charge is 0.326 e. The van der Waals surface area contributed by atoms with Gasteiger partial charge in [0.15, 0.2) is 5.82 Å². The van der Waals surface area contributed by atoms with E-state index in [0.717, 1.165) is 5.56 Å². The lowest BCUT2D eigenvalue weighted by Crippen LogP contribution is -2.27. The summed E-state index contributed by atoms with van der Waals surface area (Å²) in [5.74, 6) is 0.196. The van der Waals surface area contributed by atoms with Crippen LogP contribution < -0.4 is 5.32 Å². The molecule has 2 heterocycles. The molecule has 2 amide bonds. The number of aromatic nitrogens is 3. The summed E-state index contributed by atoms with van der Waals surface area (Å²) in [4.78, 5) is 36.8. The predicted molar refractivity (Wildman–Crippen MR) is 101 cm³/mol. The number of aromatic amines is 1. The van der Waals surface area contributed by atoms with E-state index in [2.05, 4.69) is 30.5 Å². The van der Waals surface area contributed by atoms with Gasteiger partial charge in [-0.2, -0.15) is 10.1 Å². The van der Waals surface area contributed by atoms with Crippen molar-refractivity contribution in [1.82, 2.24) is 15.2 Å². The van der Waals surface area contributed by atoms with Gasteiger partial charge in [0.2, 0.25) is 5.91 Å². The lowest BCUT2D eigenvalue weighted by atomic mass is 9.96. The fourth-order valence-corrected chi connectivity index (χ4v) is 2.87. The quantitative estimate of drug-likeness (QED) is 0.852. The van der Waals surface area contributed by atoms with Gasteiger partial charge in [-0.1, -0.05) is 30.4 Å². The average molecular weight is 360 g/mol. The van der Waals surface area contributed by atoms with Gasteiger partial charge in [0.05, 0.1) is 5.71 Å². The molecule has 1 aliphatic heterocycles. The van der Waals surface area contributed by atoms with Crippen molar-refractivity contribution in [3.8, 4) is 11.4 Å². The number of allylic oxidation sites excluding steroid dienone is 3. The third-order valence-corrected chi connectivity index (χ3v) is 4.17. The molecule has 0 saturated heterocycles. The first-order valence-corrected chi connectivity index (χ1v) is 8.49. The Kier molecular flexibility index (Phi) is 4.52. The van der Waals surface area contributed by atoms with E-state index in [0.29, 0.717) is 29.5 Å². The second-order valence-electron chi connectivity index (χ2n) is 6.09. The summed E-state index contributed by atoms with van der Waals surface area (Å²) in [6, 6.07) is 7.30. The monoisotopic (exact) mass is 360 g/mol. The number of hydrogen-bond acceptors (Lipinski definition) is 5. The van der Waals surface area contributed by atoms with Crippen LogP contribution in [0.4, 0.5) is 5.69 Å². The fraction of sp³-hybridized carbons (Fsp3) is 0.158. The van der Waals surface area contributed by atoms with Crippen LogP contribution in [0.1, 0.15) is 12.8 Å². The molecule has 0 bridgehead atoms. The zero-order valence-electron chi connectivity index (χ0n) is 14.3. The van der Waals surface area contributed by atoms with Crippen molar-refractivity contribution in [3.63, 3.8) is 0 Å². The first-order valence-electron chi connectivity index (χ1n) is 8.49. The van der Waals surface area contributed by atoms with Crippen LogP contribution in [-0.4, -0.2) is 38.5 Å². The molecular weight excluding hydrogens is 344 g/mol. The number of H-pyrrole nitrogens is 1. The van der Waals surface area contributed by atoms with Crippen molar-refractivity contribution in [3.05, 3.63) is 54.9 Å². The molecular formula is C19H16N6O2. The van der Waals surface area contributed by atoms with Crippen molar-refractivity contribution in [2.24, 2.45) is 15.9 Å². The van der Waals surface area contributed by atoms with Gasteiger partial charge in [-0.25, -0.2) is 9.98 Å². The molecule has 1 aromatic carbocycles. The molecule has 1 unspecified atom stereocenters. The van der Waals surface area contributed by atoms with Crippen LogP contribution in [0.3, 0.4) is 0 Å². The van der Waals surface area contributed by atoms with Crippen LogP contribution >= 0.6 is 0 Å². The lowest BCUT2D eigenvalue weighted by Gasteiger charge is -2.17. The third kappa shape index (κ3) is 3.79. The summed E-state index contributed by atoms with van der Waals surface area (Å²) in [5.41, 5.74) is 2.15. The molecule has 1 aliphatic carbocycles. The number of nitrogens with one attached hydrogen (secondary N) is 2. The van der Waals surface area contributed by atoms with E-state index in [1.165, 1.54) is 6.33 Å². The van der Waals surface area contributed by atoms with Crippen LogP contribution in [0.5, 0.6) is 0 Å².